The quantitative estimate of drug-likeness (QED) is 0.170. The second-order valence-electron chi connectivity index (χ2n) is 8.44. The van der Waals surface area contributed by atoms with Gasteiger partial charge in [0.05, 0.1) is 0 Å². The zero-order valence-corrected chi connectivity index (χ0v) is 17.9. The molecule has 0 aliphatic heterocycles. The van der Waals surface area contributed by atoms with Crippen LogP contribution in [0.3, 0.4) is 0 Å². The lowest BCUT2D eigenvalue weighted by Gasteiger charge is -2.28. The number of rotatable bonds is 11. The van der Waals surface area contributed by atoms with Gasteiger partial charge in [-0.05, 0) is 33.8 Å². The molecule has 0 aliphatic carbocycles. The third kappa shape index (κ3) is 11.8. The molecule has 0 aromatic heterocycles. The van der Waals surface area contributed by atoms with E-state index in [0.717, 1.165) is 26.2 Å². The van der Waals surface area contributed by atoms with E-state index in [1.807, 2.05) is 9.80 Å². The average molecular weight is 373 g/mol. The molecule has 0 amide bonds. The molecule has 0 bridgehead atoms. The van der Waals surface area contributed by atoms with Gasteiger partial charge in [-0.1, -0.05) is 55.4 Å². The van der Waals surface area contributed by atoms with Crippen LogP contribution in [-0.2, 0) is 9.98 Å². The Bertz CT molecular complexity index is 404. The highest BCUT2D eigenvalue weighted by molar-refractivity contribution is 5.77. The van der Waals surface area contributed by atoms with Gasteiger partial charge in [0.2, 0.25) is 11.9 Å². The van der Waals surface area contributed by atoms with Crippen molar-refractivity contribution in [2.24, 2.45) is 34.6 Å². The summed E-state index contributed by atoms with van der Waals surface area (Å²) < 4.78 is 0. The maximum atomic E-state index is 8.11. The topological polar surface area (TPSA) is 99.2 Å². The maximum Gasteiger partial charge on any atom is 0.237 e. The summed E-state index contributed by atoms with van der Waals surface area (Å²) in [6.45, 7) is 20.0. The molecule has 0 fully saturated rings. The molecule has 0 saturated carbocycles. The SMILES string of the molecule is CC(C)CN(CC(C)C)C(=N)NOON=C(N)N(CC(C)C)CC(C)C. The van der Waals surface area contributed by atoms with Gasteiger partial charge in [-0.2, -0.15) is 10.5 Å². The number of hydroxylamine groups is 1. The van der Waals surface area contributed by atoms with E-state index in [2.05, 4.69) is 66.0 Å². The third-order valence-corrected chi connectivity index (χ3v) is 3.29. The van der Waals surface area contributed by atoms with Crippen LogP contribution in [0, 0.1) is 29.1 Å². The molecule has 0 spiro atoms. The Balaban J connectivity index is 4.56. The van der Waals surface area contributed by atoms with Crippen LogP contribution in [0.25, 0.3) is 0 Å². The second-order valence-corrected chi connectivity index (χ2v) is 8.44. The van der Waals surface area contributed by atoms with Gasteiger partial charge in [0.25, 0.3) is 0 Å². The number of hydrogen-bond donors (Lipinski definition) is 3. The Morgan fingerprint density at radius 2 is 1.23 bits per heavy atom. The van der Waals surface area contributed by atoms with Crippen molar-refractivity contribution in [3.8, 4) is 0 Å². The van der Waals surface area contributed by atoms with Crippen molar-refractivity contribution >= 4 is 11.9 Å². The minimum Gasteiger partial charge on any atom is -0.367 e. The Kier molecular flexibility index (Phi) is 11.8. The maximum absolute atomic E-state index is 8.11. The molecule has 0 radical (unpaired) electrons. The van der Waals surface area contributed by atoms with Gasteiger partial charge in [0.15, 0.2) is 0 Å². The molecule has 0 aromatic carbocycles. The monoisotopic (exact) mass is 372 g/mol. The van der Waals surface area contributed by atoms with Gasteiger partial charge in [-0.15, -0.1) is 0 Å². The molecule has 0 atom stereocenters. The number of nitrogens with one attached hydrogen (secondary N) is 2. The standard InChI is InChI=1S/C18H40N6O2/c1-13(2)9-23(10-14(3)4)17(19)21-25-26-22-18(20)24(11-15(5)6)12-16(7)8/h13-16H,9-12H2,1-8H3,(H2,19,21)(H2,20,22). The van der Waals surface area contributed by atoms with Crippen LogP contribution in [0.4, 0.5) is 0 Å². The van der Waals surface area contributed by atoms with Crippen LogP contribution in [0.15, 0.2) is 5.16 Å². The number of nitrogens with two attached hydrogens (primary N) is 1. The van der Waals surface area contributed by atoms with E-state index in [4.69, 9.17) is 21.1 Å². The summed E-state index contributed by atoms with van der Waals surface area (Å²) in [7, 11) is 0. The minimum absolute atomic E-state index is 0.141. The average Bonchev–Trinajstić information content (AvgIpc) is 2.47. The number of hydrogen-bond acceptors (Lipinski definition) is 4. The summed E-state index contributed by atoms with van der Waals surface area (Å²) in [4.78, 5) is 13.6. The van der Waals surface area contributed by atoms with E-state index >= 15 is 0 Å². The van der Waals surface area contributed by atoms with Gasteiger partial charge in [-0.3, -0.25) is 5.41 Å². The second kappa shape index (κ2) is 12.6. The lowest BCUT2D eigenvalue weighted by Crippen LogP contribution is -2.44. The summed E-state index contributed by atoms with van der Waals surface area (Å²) in [6, 6.07) is 0. The molecule has 8 heteroatoms. The van der Waals surface area contributed by atoms with Crippen molar-refractivity contribution in [1.29, 1.82) is 5.41 Å². The predicted molar refractivity (Wildman–Crippen MR) is 107 cm³/mol. The highest BCUT2D eigenvalue weighted by atomic mass is 17.3. The van der Waals surface area contributed by atoms with Crippen molar-refractivity contribution < 1.29 is 9.98 Å². The Morgan fingerprint density at radius 1 is 0.846 bits per heavy atom. The minimum atomic E-state index is 0.141. The molecule has 154 valence electrons. The first kappa shape index (κ1) is 24.3. The molecule has 0 unspecified atom stereocenters. The first-order chi connectivity index (χ1) is 12.0. The van der Waals surface area contributed by atoms with Crippen LogP contribution in [-0.4, -0.2) is 47.9 Å². The van der Waals surface area contributed by atoms with Crippen LogP contribution < -0.4 is 11.2 Å². The summed E-state index contributed by atoms with van der Waals surface area (Å²) in [5.41, 5.74) is 8.48. The van der Waals surface area contributed by atoms with E-state index in [1.54, 1.807) is 0 Å². The van der Waals surface area contributed by atoms with Crippen molar-refractivity contribution in [3.63, 3.8) is 0 Å². The molecule has 0 heterocycles. The first-order valence-corrected chi connectivity index (χ1v) is 9.53. The molecular formula is C18H40N6O2. The van der Waals surface area contributed by atoms with Crippen LogP contribution in [0.2, 0.25) is 0 Å². The lowest BCUT2D eigenvalue weighted by molar-refractivity contribution is -0.325. The zero-order chi connectivity index (χ0) is 20.3. The van der Waals surface area contributed by atoms with Crippen molar-refractivity contribution in [1.82, 2.24) is 15.3 Å². The van der Waals surface area contributed by atoms with E-state index in [9.17, 15) is 0 Å². The fourth-order valence-corrected chi connectivity index (χ4v) is 2.52. The zero-order valence-electron chi connectivity index (χ0n) is 17.9. The largest absolute Gasteiger partial charge is 0.367 e. The summed E-state index contributed by atoms with van der Waals surface area (Å²) in [5, 5.41) is 11.9. The van der Waals surface area contributed by atoms with E-state index in [-0.39, 0.29) is 11.9 Å². The van der Waals surface area contributed by atoms with Crippen molar-refractivity contribution in [3.05, 3.63) is 0 Å². The van der Waals surface area contributed by atoms with Crippen LogP contribution >= 0.6 is 0 Å². The molecule has 0 rings (SSSR count). The van der Waals surface area contributed by atoms with Gasteiger partial charge in [0.1, 0.15) is 0 Å². The molecule has 0 aliphatic rings. The van der Waals surface area contributed by atoms with Crippen molar-refractivity contribution in [2.45, 2.75) is 55.4 Å². The van der Waals surface area contributed by atoms with Crippen molar-refractivity contribution in [2.75, 3.05) is 26.2 Å². The normalized spacial score (nSPS) is 12.2. The Labute approximate surface area is 159 Å². The van der Waals surface area contributed by atoms with E-state index in [1.165, 1.54) is 0 Å². The predicted octanol–water partition coefficient (Wildman–Crippen LogP) is 2.83. The fourth-order valence-electron chi connectivity index (χ4n) is 2.52. The molecule has 4 N–H and O–H groups in total. The third-order valence-electron chi connectivity index (χ3n) is 3.29. The summed E-state index contributed by atoms with van der Waals surface area (Å²) in [6.07, 6.45) is 0. The summed E-state index contributed by atoms with van der Waals surface area (Å²) >= 11 is 0. The van der Waals surface area contributed by atoms with Gasteiger partial charge >= 0.3 is 0 Å². The molecular weight excluding hydrogens is 332 g/mol. The first-order valence-electron chi connectivity index (χ1n) is 9.53. The molecule has 8 nitrogen and oxygen atoms in total. The Morgan fingerprint density at radius 3 is 1.62 bits per heavy atom. The smallest absolute Gasteiger partial charge is 0.237 e. The number of guanidine groups is 2. The molecule has 0 saturated heterocycles. The van der Waals surface area contributed by atoms with Crippen LogP contribution in [0.1, 0.15) is 55.4 Å². The highest BCUT2D eigenvalue weighted by Crippen LogP contribution is 2.05. The van der Waals surface area contributed by atoms with E-state index < -0.39 is 0 Å². The summed E-state index contributed by atoms with van der Waals surface area (Å²) in [5.74, 6) is 2.19. The van der Waals surface area contributed by atoms with Crippen LogP contribution in [0.5, 0.6) is 0 Å². The number of nitrogens with zero attached hydrogens (tertiary/aromatic N) is 3. The Hall–Kier alpha value is -1.70. The lowest BCUT2D eigenvalue weighted by atomic mass is 10.1. The van der Waals surface area contributed by atoms with Gasteiger partial charge in [0, 0.05) is 26.2 Å². The molecule has 0 aromatic rings. The molecule has 26 heavy (non-hydrogen) atoms. The fraction of sp³-hybridized carbons (Fsp3) is 0.889. The highest BCUT2D eigenvalue weighted by Gasteiger charge is 2.15. The van der Waals surface area contributed by atoms with E-state index in [0.29, 0.717) is 23.7 Å². The van der Waals surface area contributed by atoms with Gasteiger partial charge in [-0.25, -0.2) is 0 Å². The van der Waals surface area contributed by atoms with Gasteiger partial charge < -0.3 is 15.5 Å². The number of oxime groups is 1.